The molecule has 2 atom stereocenters. The molecule has 210 valence electrons. The van der Waals surface area contributed by atoms with Gasteiger partial charge in [0.05, 0.1) is 17.9 Å². The zero-order valence-electron chi connectivity index (χ0n) is 21.5. The van der Waals surface area contributed by atoms with E-state index in [4.69, 9.17) is 16.3 Å². The highest BCUT2D eigenvalue weighted by atomic mass is 32.2. The molecule has 0 bridgehead atoms. The Bertz CT molecular complexity index is 1550. The minimum atomic E-state index is -1.49. The number of hydrogen-bond donors (Lipinski definition) is 3. The van der Waals surface area contributed by atoms with Crippen LogP contribution in [0.4, 0.5) is 10.9 Å². The van der Waals surface area contributed by atoms with Crippen molar-refractivity contribution >= 4 is 63.4 Å². The van der Waals surface area contributed by atoms with Crippen LogP contribution in [0.2, 0.25) is 0 Å². The number of hydrogen-bond acceptors (Lipinski definition) is 13. The Labute approximate surface area is 236 Å². The minimum Gasteiger partial charge on any atom is -0.543 e. The van der Waals surface area contributed by atoms with E-state index in [1.807, 2.05) is 13.8 Å². The second-order valence-corrected chi connectivity index (χ2v) is 10.9. The van der Waals surface area contributed by atoms with Gasteiger partial charge in [-0.3, -0.25) is 14.5 Å². The van der Waals surface area contributed by atoms with E-state index in [0.29, 0.717) is 29.9 Å². The molecule has 3 aromatic heterocycles. The highest BCUT2D eigenvalue weighted by Crippen LogP contribution is 2.40. The Kier molecular flexibility index (Phi) is 7.57. The lowest BCUT2D eigenvalue weighted by Crippen LogP contribution is -2.71. The fourth-order valence-electron chi connectivity index (χ4n) is 4.48. The van der Waals surface area contributed by atoms with Crippen LogP contribution in [0.5, 0.6) is 0 Å². The van der Waals surface area contributed by atoms with Crippen molar-refractivity contribution in [2.45, 2.75) is 50.8 Å². The third-order valence-corrected chi connectivity index (χ3v) is 8.40. The maximum absolute atomic E-state index is 13.2. The standard InChI is InChI=1S/C23H26N10O5S2/c1-3-12(4-2)38-29-15(18-28-23(25)40-30-18)19(34)27-16-20(35)32-17(22(36)37)11(10-39-21(16)32)8-31-9-13(24)33-14(31)6-5-7-26-33/h5-7,9,12,16,21H,3-4,8,10H2,1-2H3,(H5-,24,25,26,27,28,30,34,36,37)/b29-15-/t16-,21-/m1/s1. The van der Waals surface area contributed by atoms with Gasteiger partial charge >= 0.3 is 5.65 Å². The average Bonchev–Trinajstić information content (AvgIpc) is 3.51. The number of nitrogens with one attached hydrogen (secondary N) is 1. The molecule has 0 saturated carbocycles. The fraction of sp³-hybridized carbons (Fsp3) is 0.391. The molecule has 2 amide bonds. The molecule has 0 unspecified atom stereocenters. The number of β-lactam (4-membered cyclic amide) rings is 1. The fourth-order valence-corrected chi connectivity index (χ4v) is 6.25. The van der Waals surface area contributed by atoms with E-state index in [9.17, 15) is 19.5 Å². The zero-order valence-corrected chi connectivity index (χ0v) is 23.1. The number of aliphatic carboxylic acids is 1. The lowest BCUT2D eigenvalue weighted by Gasteiger charge is -2.50. The number of oxime groups is 1. The number of rotatable bonds is 10. The van der Waals surface area contributed by atoms with Crippen LogP contribution in [0, 0.1) is 0 Å². The summed E-state index contributed by atoms with van der Waals surface area (Å²) in [5.74, 6) is -2.22. The molecule has 0 radical (unpaired) electrons. The number of fused-ring (bicyclic) bond motifs is 2. The predicted octanol–water partition coefficient (Wildman–Crippen LogP) is -1.35. The Hall–Kier alpha value is -4.25. The van der Waals surface area contributed by atoms with Gasteiger partial charge in [-0.2, -0.15) is 9.36 Å². The van der Waals surface area contributed by atoms with Crippen molar-refractivity contribution in [3.63, 3.8) is 0 Å². The topological polar surface area (TPSA) is 210 Å². The van der Waals surface area contributed by atoms with Crippen LogP contribution >= 0.6 is 23.3 Å². The molecule has 5 rings (SSSR count). The van der Waals surface area contributed by atoms with Crippen LogP contribution in [0.1, 0.15) is 32.5 Å². The van der Waals surface area contributed by atoms with Crippen molar-refractivity contribution in [1.82, 2.24) is 29.2 Å². The first-order valence-electron chi connectivity index (χ1n) is 12.4. The quantitative estimate of drug-likeness (QED) is 0.109. The van der Waals surface area contributed by atoms with Crippen molar-refractivity contribution < 1.29 is 28.9 Å². The van der Waals surface area contributed by atoms with Gasteiger partial charge in [0.15, 0.2) is 11.3 Å². The summed E-state index contributed by atoms with van der Waals surface area (Å²) in [6.45, 7) is 3.99. The maximum atomic E-state index is 13.2. The molecule has 2 aliphatic rings. The van der Waals surface area contributed by atoms with Gasteiger partial charge in [0.25, 0.3) is 17.6 Å². The average molecular weight is 587 g/mol. The first-order chi connectivity index (χ1) is 19.2. The van der Waals surface area contributed by atoms with Gasteiger partial charge in [-0.05, 0) is 18.9 Å². The van der Waals surface area contributed by atoms with Crippen molar-refractivity contribution in [2.24, 2.45) is 5.16 Å². The summed E-state index contributed by atoms with van der Waals surface area (Å²) < 4.78 is 7.32. The number of carboxylic acids is 1. The van der Waals surface area contributed by atoms with Gasteiger partial charge in [-0.1, -0.05) is 28.6 Å². The smallest absolute Gasteiger partial charge is 0.309 e. The number of aromatic nitrogens is 5. The number of amides is 2. The molecule has 17 heteroatoms. The van der Waals surface area contributed by atoms with Gasteiger partial charge in [-0.25, -0.2) is 4.57 Å². The maximum Gasteiger partial charge on any atom is 0.309 e. The van der Waals surface area contributed by atoms with Gasteiger partial charge in [0, 0.05) is 28.9 Å². The highest BCUT2D eigenvalue weighted by molar-refractivity contribution is 8.00. The number of nitrogen functional groups attached to an aromatic ring is 2. The summed E-state index contributed by atoms with van der Waals surface area (Å²) in [7, 11) is 0. The zero-order chi connectivity index (χ0) is 28.6. The number of carboxylic acid groups (broad SMARTS) is 1. The van der Waals surface area contributed by atoms with Crippen molar-refractivity contribution in [1.29, 1.82) is 0 Å². The third-order valence-electron chi connectivity index (χ3n) is 6.52. The van der Waals surface area contributed by atoms with Crippen molar-refractivity contribution in [3.05, 3.63) is 41.6 Å². The molecule has 0 aliphatic carbocycles. The molecular weight excluding hydrogens is 560 g/mol. The van der Waals surface area contributed by atoms with Crippen LogP contribution in [0.15, 0.2) is 41.0 Å². The lowest BCUT2D eigenvalue weighted by atomic mass is 10.0. The van der Waals surface area contributed by atoms with E-state index < -0.39 is 29.2 Å². The summed E-state index contributed by atoms with van der Waals surface area (Å²) >= 11 is 2.21. The number of anilines is 2. The predicted molar refractivity (Wildman–Crippen MR) is 143 cm³/mol. The van der Waals surface area contributed by atoms with Crippen molar-refractivity contribution in [2.75, 3.05) is 17.2 Å². The molecular formula is C23H26N10O5S2. The Balaban J connectivity index is 1.37. The summed E-state index contributed by atoms with van der Waals surface area (Å²) in [5, 5.41) is 22.5. The molecule has 15 nitrogen and oxygen atoms in total. The summed E-state index contributed by atoms with van der Waals surface area (Å²) in [6, 6.07) is 2.52. The number of imidazole rings is 1. The van der Waals surface area contributed by atoms with Crippen LogP contribution in [0.25, 0.3) is 5.65 Å². The lowest BCUT2D eigenvalue weighted by molar-refractivity contribution is -0.662. The SMILES string of the molecule is CCC(CC)O/N=C(\C(=O)N[C@@H]1C(=O)N2C(C(=O)[O-])=C(C[n+]3cc(N)n4ncccc43)CS[C@H]12)c1nsc(N)n1. The molecule has 1 saturated heterocycles. The Morgan fingerprint density at radius 1 is 1.35 bits per heavy atom. The molecule has 0 spiro atoms. The molecule has 2 aliphatic heterocycles. The second-order valence-electron chi connectivity index (χ2n) is 9.02. The van der Waals surface area contributed by atoms with Crippen LogP contribution in [0.3, 0.4) is 0 Å². The summed E-state index contributed by atoms with van der Waals surface area (Å²) in [6.07, 6.45) is 4.32. The molecule has 5 heterocycles. The molecule has 1 fully saturated rings. The van der Waals surface area contributed by atoms with Crippen molar-refractivity contribution in [3.8, 4) is 0 Å². The normalized spacial score (nSPS) is 19.1. The highest BCUT2D eigenvalue weighted by Gasteiger charge is 2.53. The molecule has 5 N–H and O–H groups in total. The monoisotopic (exact) mass is 586 g/mol. The van der Waals surface area contributed by atoms with Crippen LogP contribution < -0.4 is 26.5 Å². The first-order valence-corrected chi connectivity index (χ1v) is 14.2. The van der Waals surface area contributed by atoms with Gasteiger partial charge in [-0.15, -0.1) is 11.8 Å². The van der Waals surface area contributed by atoms with E-state index in [1.54, 1.807) is 29.1 Å². The summed E-state index contributed by atoms with van der Waals surface area (Å²) in [4.78, 5) is 49.3. The molecule has 0 aromatic carbocycles. The van der Waals surface area contributed by atoms with E-state index in [1.165, 1.54) is 16.3 Å². The van der Waals surface area contributed by atoms with E-state index >= 15 is 0 Å². The van der Waals surface area contributed by atoms with E-state index in [0.717, 1.165) is 16.4 Å². The van der Waals surface area contributed by atoms with Gasteiger partial charge < -0.3 is 31.5 Å². The largest absolute Gasteiger partial charge is 0.543 e. The van der Waals surface area contributed by atoms with E-state index in [-0.39, 0.29) is 40.8 Å². The van der Waals surface area contributed by atoms with Crippen LogP contribution in [-0.2, 0) is 25.8 Å². The minimum absolute atomic E-state index is 0.0333. The number of nitrogens with zero attached hydrogens (tertiary/aromatic N) is 7. The first kappa shape index (κ1) is 27.3. The van der Waals surface area contributed by atoms with Gasteiger partial charge in [0.2, 0.25) is 11.5 Å². The summed E-state index contributed by atoms with van der Waals surface area (Å²) in [5.41, 5.74) is 12.4. The molecule has 3 aromatic rings. The van der Waals surface area contributed by atoms with Gasteiger partial charge in [0.1, 0.15) is 24.1 Å². The number of carbonyl (C=O) groups excluding carboxylic acids is 3. The number of carbonyl (C=O) groups is 3. The third kappa shape index (κ3) is 4.92. The molecule has 40 heavy (non-hydrogen) atoms. The Morgan fingerprint density at radius 2 is 2.12 bits per heavy atom. The number of nitrogens with two attached hydrogens (primary N) is 2. The Morgan fingerprint density at radius 3 is 2.80 bits per heavy atom. The second kappa shape index (κ2) is 11.1. The van der Waals surface area contributed by atoms with E-state index in [2.05, 4.69) is 24.9 Å². The van der Waals surface area contributed by atoms with Crippen LogP contribution in [-0.4, -0.2) is 70.6 Å². The number of thioether (sulfide) groups is 1.